The van der Waals surface area contributed by atoms with Crippen LogP contribution >= 0.6 is 0 Å². The molecule has 4 saturated carbocycles. The fourth-order valence-corrected chi connectivity index (χ4v) is 14.8. The molecule has 3 aliphatic heterocycles. The van der Waals surface area contributed by atoms with E-state index in [0.717, 1.165) is 37.7 Å². The molecule has 18 heteroatoms. The Morgan fingerprint density at radius 1 is 0.662 bits per heavy atom. The molecule has 0 amide bonds. The van der Waals surface area contributed by atoms with Crippen LogP contribution in [0.1, 0.15) is 106 Å². The Balaban J connectivity index is 1.09. The summed E-state index contributed by atoms with van der Waals surface area (Å²) in [7, 11) is 0. The van der Waals surface area contributed by atoms with Gasteiger partial charge in [0.05, 0.1) is 37.4 Å². The van der Waals surface area contributed by atoms with Gasteiger partial charge in [0.2, 0.25) is 0 Å². The number of allylic oxidation sites excluding steroid dienone is 1. The van der Waals surface area contributed by atoms with Crippen LogP contribution in [0.25, 0.3) is 0 Å². The van der Waals surface area contributed by atoms with Crippen molar-refractivity contribution in [2.24, 2.45) is 50.2 Å². The Labute approximate surface area is 380 Å². The lowest BCUT2D eigenvalue weighted by atomic mass is 9.33. The maximum atomic E-state index is 13.2. The summed E-state index contributed by atoms with van der Waals surface area (Å²) in [6, 6.07) is 0. The summed E-state index contributed by atoms with van der Waals surface area (Å²) in [6.45, 7) is 13.6. The van der Waals surface area contributed by atoms with Crippen molar-refractivity contribution >= 4 is 5.97 Å². The molecular formula is C47H76O18. The zero-order valence-electron chi connectivity index (χ0n) is 38.8. The third-order valence-electron chi connectivity index (χ3n) is 19.2. The molecule has 372 valence electrons. The Bertz CT molecular complexity index is 1780. The van der Waals surface area contributed by atoms with Gasteiger partial charge in [0, 0.05) is 5.92 Å². The van der Waals surface area contributed by atoms with Crippen molar-refractivity contribution < 1.29 is 89.4 Å². The van der Waals surface area contributed by atoms with Crippen LogP contribution in [0.5, 0.6) is 0 Å². The van der Waals surface area contributed by atoms with E-state index in [-0.39, 0.29) is 28.1 Å². The van der Waals surface area contributed by atoms with Gasteiger partial charge in [-0.25, -0.2) is 0 Å². The Morgan fingerprint density at radius 2 is 1.28 bits per heavy atom. The predicted octanol–water partition coefficient (Wildman–Crippen LogP) is 0.316. The average Bonchev–Trinajstić information content (AvgIpc) is 3.25. The van der Waals surface area contributed by atoms with Gasteiger partial charge in [-0.3, -0.25) is 4.79 Å². The molecule has 0 spiro atoms. The van der Waals surface area contributed by atoms with E-state index in [1.807, 2.05) is 13.8 Å². The van der Waals surface area contributed by atoms with Gasteiger partial charge in [0.15, 0.2) is 18.9 Å². The van der Waals surface area contributed by atoms with Gasteiger partial charge in [-0.1, -0.05) is 60.1 Å². The van der Waals surface area contributed by atoms with Gasteiger partial charge in [0.25, 0.3) is 0 Å². The van der Waals surface area contributed by atoms with Gasteiger partial charge in [0.1, 0.15) is 67.1 Å². The standard InChI is InChI=1S/C47H76O18/c1-42(2)14-16-47(41(58)59)17-15-45(6)21(28(47)37(42)57)8-9-26-44(5)12-11-27(43(3,4)25(44)10-13-46(26,45)7)63-40-36(65-38-33(55)29(51)22(50)20-60-38)35(31(53)24(19-49)62-40)64-39-34(56)32(54)30(52)23(18-48)61-39/h8,22-40,48-57H,9-20H2,1-7H3,(H,58,59)/t22-,23-,24-,25+,26-,27+,28?,29+,30-,31-,32+,33-,34-,35+,36-,37+,38+,39+,40+,44+,45-,46-,47+/m1/s1. The van der Waals surface area contributed by atoms with Crippen LogP contribution in [0.3, 0.4) is 0 Å². The third kappa shape index (κ3) is 7.62. The number of carbonyl (C=O) groups is 1. The minimum Gasteiger partial charge on any atom is -0.481 e. The van der Waals surface area contributed by atoms with Gasteiger partial charge < -0.3 is 84.6 Å². The molecule has 65 heavy (non-hydrogen) atoms. The Morgan fingerprint density at radius 3 is 1.94 bits per heavy atom. The van der Waals surface area contributed by atoms with E-state index in [1.165, 1.54) is 0 Å². The first kappa shape index (κ1) is 50.0. The van der Waals surface area contributed by atoms with Crippen molar-refractivity contribution in [3.63, 3.8) is 0 Å². The highest BCUT2D eigenvalue weighted by Crippen LogP contribution is 2.76. The van der Waals surface area contributed by atoms with E-state index in [9.17, 15) is 61.0 Å². The monoisotopic (exact) mass is 929 g/mol. The molecule has 3 saturated heterocycles. The van der Waals surface area contributed by atoms with Crippen LogP contribution < -0.4 is 0 Å². The smallest absolute Gasteiger partial charge is 0.310 e. The molecule has 18 nitrogen and oxygen atoms in total. The highest BCUT2D eigenvalue weighted by molar-refractivity contribution is 5.77. The molecule has 0 aromatic rings. The molecule has 8 rings (SSSR count). The third-order valence-corrected chi connectivity index (χ3v) is 19.2. The van der Waals surface area contributed by atoms with E-state index in [4.69, 9.17) is 28.4 Å². The molecule has 3 heterocycles. The normalized spacial score (nSPS) is 54.0. The number of fused-ring (bicyclic) bond motifs is 7. The zero-order chi connectivity index (χ0) is 47.6. The zero-order valence-corrected chi connectivity index (χ0v) is 38.8. The molecule has 0 bridgehead atoms. The van der Waals surface area contributed by atoms with Gasteiger partial charge in [-0.2, -0.15) is 0 Å². The van der Waals surface area contributed by atoms with Crippen LogP contribution in [0, 0.1) is 50.2 Å². The fourth-order valence-electron chi connectivity index (χ4n) is 14.8. The van der Waals surface area contributed by atoms with Crippen molar-refractivity contribution in [2.45, 2.75) is 204 Å². The largest absolute Gasteiger partial charge is 0.481 e. The number of hydrogen-bond donors (Lipinski definition) is 11. The molecule has 8 aliphatic rings. The fraction of sp³-hybridized carbons (Fsp3) is 0.936. The van der Waals surface area contributed by atoms with Gasteiger partial charge in [-0.15, -0.1) is 0 Å². The molecule has 11 N–H and O–H groups in total. The van der Waals surface area contributed by atoms with E-state index in [0.29, 0.717) is 25.7 Å². The quantitative estimate of drug-likeness (QED) is 0.110. The molecule has 23 atom stereocenters. The molecule has 0 radical (unpaired) electrons. The second kappa shape index (κ2) is 17.5. The minimum atomic E-state index is -1.88. The van der Waals surface area contributed by atoms with E-state index < -0.39 is 146 Å². The number of hydrogen-bond acceptors (Lipinski definition) is 17. The highest BCUT2D eigenvalue weighted by Gasteiger charge is 2.71. The Hall–Kier alpha value is -1.43. The Kier molecular flexibility index (Phi) is 13.4. The molecule has 7 fully saturated rings. The van der Waals surface area contributed by atoms with Crippen LogP contribution in [-0.2, 0) is 33.2 Å². The summed E-state index contributed by atoms with van der Waals surface area (Å²) < 4.78 is 36.9. The first-order chi connectivity index (χ1) is 30.3. The number of aliphatic carboxylic acids is 1. The van der Waals surface area contributed by atoms with Crippen molar-refractivity contribution in [1.29, 1.82) is 0 Å². The minimum absolute atomic E-state index is 0.106. The van der Waals surface area contributed by atoms with E-state index >= 15 is 0 Å². The van der Waals surface area contributed by atoms with Crippen LogP contribution in [0.4, 0.5) is 0 Å². The van der Waals surface area contributed by atoms with Crippen molar-refractivity contribution in [3.8, 4) is 0 Å². The second-order valence-corrected chi connectivity index (χ2v) is 23.0. The predicted molar refractivity (Wildman–Crippen MR) is 226 cm³/mol. The lowest BCUT2D eigenvalue weighted by Gasteiger charge is -2.71. The summed E-state index contributed by atoms with van der Waals surface area (Å²) in [5.74, 6) is -0.967. The highest BCUT2D eigenvalue weighted by atomic mass is 16.8. The average molecular weight is 929 g/mol. The van der Waals surface area contributed by atoms with Crippen LogP contribution in [-0.4, -0.2) is 180 Å². The maximum Gasteiger partial charge on any atom is 0.310 e. The first-order valence-electron chi connectivity index (χ1n) is 23.8. The summed E-state index contributed by atoms with van der Waals surface area (Å²) in [6.07, 6.45) is -15.6. The summed E-state index contributed by atoms with van der Waals surface area (Å²) in [4.78, 5) is 13.2. The number of aliphatic hydroxyl groups is 10. The van der Waals surface area contributed by atoms with E-state index in [2.05, 4.69) is 40.7 Å². The first-order valence-corrected chi connectivity index (χ1v) is 23.8. The molecular weight excluding hydrogens is 852 g/mol. The SMILES string of the molecule is CC1(C)CC[C@]2(C(=O)O)CC[C@]3(C)C(=CC[C@@H]4[C@@]5(C)CC[C@H](O[C@@H]6O[C@H](CO)[C@@H](O)[C@H](O[C@@H]7O[C@H](CO)[C@@H](O)[C@H](O)[C@H]7O)[C@H]6O[C@@H]6OC[C@@H](O)[C@H](O)[C@H]6O)C(C)(C)[C@@H]5CC[C@]43C)C2[C@@H]1O. The van der Waals surface area contributed by atoms with Crippen LogP contribution in [0.15, 0.2) is 11.6 Å². The van der Waals surface area contributed by atoms with Gasteiger partial charge >= 0.3 is 5.97 Å². The lowest BCUT2D eigenvalue weighted by Crippen LogP contribution is -2.68. The number of carboxylic acids is 1. The summed E-state index contributed by atoms with van der Waals surface area (Å²) in [5.41, 5.74) is -1.61. The number of ether oxygens (including phenoxy) is 6. The molecule has 0 aromatic carbocycles. The number of carboxylic acid groups (broad SMARTS) is 1. The van der Waals surface area contributed by atoms with Crippen molar-refractivity contribution in [1.82, 2.24) is 0 Å². The number of aliphatic hydroxyl groups excluding tert-OH is 10. The molecule has 0 aromatic heterocycles. The summed E-state index contributed by atoms with van der Waals surface area (Å²) in [5, 5.41) is 119. The molecule has 5 aliphatic carbocycles. The van der Waals surface area contributed by atoms with Crippen molar-refractivity contribution in [2.75, 3.05) is 19.8 Å². The van der Waals surface area contributed by atoms with Crippen LogP contribution in [0.2, 0.25) is 0 Å². The summed E-state index contributed by atoms with van der Waals surface area (Å²) >= 11 is 0. The lowest BCUT2D eigenvalue weighted by molar-refractivity contribution is -0.395. The van der Waals surface area contributed by atoms with Gasteiger partial charge in [-0.05, 0) is 96.7 Å². The van der Waals surface area contributed by atoms with E-state index in [1.54, 1.807) is 0 Å². The van der Waals surface area contributed by atoms with Crippen molar-refractivity contribution in [3.05, 3.63) is 11.6 Å². The topological polar surface area (TPSA) is 295 Å². The number of rotatable bonds is 9. The maximum absolute atomic E-state index is 13.2. The molecule has 1 unspecified atom stereocenters. The second-order valence-electron chi connectivity index (χ2n) is 23.0.